The van der Waals surface area contributed by atoms with Crippen molar-refractivity contribution in [2.75, 3.05) is 12.4 Å². The van der Waals surface area contributed by atoms with Gasteiger partial charge in [0.2, 0.25) is 5.91 Å². The van der Waals surface area contributed by atoms with Crippen LogP contribution in [0.1, 0.15) is 20.3 Å². The molecule has 0 aliphatic heterocycles. The minimum absolute atomic E-state index is 0.136. The number of anilines is 1. The number of ether oxygens (including phenoxy) is 1. The summed E-state index contributed by atoms with van der Waals surface area (Å²) in [6, 6.07) is 4.28. The van der Waals surface area contributed by atoms with E-state index < -0.39 is 9.05 Å². The van der Waals surface area contributed by atoms with Crippen LogP contribution in [0.15, 0.2) is 23.1 Å². The average molecular weight is 306 g/mol. The van der Waals surface area contributed by atoms with Crippen molar-refractivity contribution in [3.63, 3.8) is 0 Å². The molecule has 0 aliphatic rings. The summed E-state index contributed by atoms with van der Waals surface area (Å²) in [4.78, 5) is 11.4. The summed E-state index contributed by atoms with van der Waals surface area (Å²) in [5, 5.41) is 2.62. The molecule has 0 heterocycles. The number of nitrogens with one attached hydrogen (secondary N) is 1. The van der Waals surface area contributed by atoms with Crippen molar-refractivity contribution in [1.82, 2.24) is 0 Å². The summed E-state index contributed by atoms with van der Waals surface area (Å²) in [7, 11) is 2.73. The van der Waals surface area contributed by atoms with Gasteiger partial charge in [0.1, 0.15) is 10.6 Å². The molecule has 1 aromatic rings. The molecule has 5 nitrogen and oxygen atoms in total. The largest absolute Gasteiger partial charge is 0.495 e. The molecule has 1 amide bonds. The van der Waals surface area contributed by atoms with Crippen LogP contribution in [0.2, 0.25) is 0 Å². The third-order valence-electron chi connectivity index (χ3n) is 2.30. The van der Waals surface area contributed by atoms with E-state index in [-0.39, 0.29) is 22.5 Å². The van der Waals surface area contributed by atoms with Crippen molar-refractivity contribution in [1.29, 1.82) is 0 Å². The lowest BCUT2D eigenvalue weighted by Gasteiger charge is -2.10. The Bertz CT molecular complexity index is 569. The smallest absolute Gasteiger partial charge is 0.265 e. The molecular weight excluding hydrogens is 290 g/mol. The number of rotatable bonds is 5. The first-order valence-electron chi connectivity index (χ1n) is 5.66. The Morgan fingerprint density at radius 1 is 1.42 bits per heavy atom. The van der Waals surface area contributed by atoms with Gasteiger partial charge in [-0.05, 0) is 24.1 Å². The monoisotopic (exact) mass is 305 g/mol. The molecule has 0 saturated carbocycles. The van der Waals surface area contributed by atoms with Gasteiger partial charge in [0.05, 0.1) is 7.11 Å². The van der Waals surface area contributed by atoms with E-state index in [4.69, 9.17) is 15.4 Å². The standard InChI is InChI=1S/C12H16ClNO4S/c1-8(2)6-12(15)14-9-4-5-10(18-3)11(7-9)19(13,16)17/h4-5,7-8H,6H2,1-3H3,(H,14,15). The number of hydrogen-bond acceptors (Lipinski definition) is 4. The molecule has 7 heteroatoms. The highest BCUT2D eigenvalue weighted by molar-refractivity contribution is 8.13. The average Bonchev–Trinajstić information content (AvgIpc) is 2.26. The first kappa shape index (κ1) is 15.8. The van der Waals surface area contributed by atoms with Crippen molar-refractivity contribution in [3.05, 3.63) is 18.2 Å². The highest BCUT2D eigenvalue weighted by Crippen LogP contribution is 2.29. The summed E-state index contributed by atoms with van der Waals surface area (Å²) in [5.41, 5.74) is 0.366. The Morgan fingerprint density at radius 2 is 2.05 bits per heavy atom. The second-order valence-corrected chi connectivity index (χ2v) is 6.98. The van der Waals surface area contributed by atoms with E-state index in [1.54, 1.807) is 6.07 Å². The number of halogens is 1. The molecule has 1 N–H and O–H groups in total. The third-order valence-corrected chi connectivity index (χ3v) is 3.65. The predicted molar refractivity (Wildman–Crippen MR) is 74.1 cm³/mol. The van der Waals surface area contributed by atoms with Crippen LogP contribution in [0.5, 0.6) is 5.75 Å². The molecule has 0 atom stereocenters. The van der Waals surface area contributed by atoms with Crippen LogP contribution in [-0.2, 0) is 13.8 Å². The molecule has 0 fully saturated rings. The van der Waals surface area contributed by atoms with Crippen molar-refractivity contribution in [2.45, 2.75) is 25.2 Å². The zero-order valence-electron chi connectivity index (χ0n) is 10.9. The molecule has 0 spiro atoms. The number of methoxy groups -OCH3 is 1. The summed E-state index contributed by atoms with van der Waals surface area (Å²) in [6.45, 7) is 3.84. The number of benzene rings is 1. The quantitative estimate of drug-likeness (QED) is 0.849. The molecular formula is C12H16ClNO4S. The molecule has 19 heavy (non-hydrogen) atoms. The lowest BCUT2D eigenvalue weighted by Crippen LogP contribution is -2.14. The van der Waals surface area contributed by atoms with Gasteiger partial charge in [-0.25, -0.2) is 8.42 Å². The summed E-state index contributed by atoms with van der Waals surface area (Å²) in [5.74, 6) is 0.171. The van der Waals surface area contributed by atoms with E-state index in [1.807, 2.05) is 13.8 Å². The molecule has 0 unspecified atom stereocenters. The molecule has 1 aromatic carbocycles. The minimum Gasteiger partial charge on any atom is -0.495 e. The van der Waals surface area contributed by atoms with Gasteiger partial charge in [-0.3, -0.25) is 4.79 Å². The van der Waals surface area contributed by atoms with Crippen LogP contribution in [0, 0.1) is 5.92 Å². The van der Waals surface area contributed by atoms with Crippen LogP contribution in [0.25, 0.3) is 0 Å². The lowest BCUT2D eigenvalue weighted by atomic mass is 10.1. The molecule has 0 radical (unpaired) electrons. The Labute approximate surface area is 117 Å². The number of amides is 1. The molecule has 0 bridgehead atoms. The van der Waals surface area contributed by atoms with E-state index >= 15 is 0 Å². The fraction of sp³-hybridized carbons (Fsp3) is 0.417. The third kappa shape index (κ3) is 4.72. The lowest BCUT2D eigenvalue weighted by molar-refractivity contribution is -0.116. The van der Waals surface area contributed by atoms with Crippen molar-refractivity contribution in [2.24, 2.45) is 5.92 Å². The zero-order chi connectivity index (χ0) is 14.6. The Balaban J connectivity index is 3.03. The fourth-order valence-corrected chi connectivity index (χ4v) is 2.55. The predicted octanol–water partition coefficient (Wildman–Crippen LogP) is 2.61. The molecule has 0 aliphatic carbocycles. The van der Waals surface area contributed by atoms with E-state index in [9.17, 15) is 13.2 Å². The normalized spacial score (nSPS) is 11.4. The van der Waals surface area contributed by atoms with Crippen molar-refractivity contribution < 1.29 is 17.9 Å². The van der Waals surface area contributed by atoms with Gasteiger partial charge in [-0.2, -0.15) is 0 Å². The zero-order valence-corrected chi connectivity index (χ0v) is 12.5. The van der Waals surface area contributed by atoms with Gasteiger partial charge in [-0.15, -0.1) is 0 Å². The van der Waals surface area contributed by atoms with Crippen molar-refractivity contribution in [3.8, 4) is 5.75 Å². The molecule has 0 saturated heterocycles. The van der Waals surface area contributed by atoms with E-state index in [0.717, 1.165) is 0 Å². The van der Waals surface area contributed by atoms with Gasteiger partial charge in [0.15, 0.2) is 0 Å². The molecule has 106 valence electrons. The maximum atomic E-state index is 11.6. The van der Waals surface area contributed by atoms with E-state index in [0.29, 0.717) is 12.1 Å². The maximum absolute atomic E-state index is 11.6. The second kappa shape index (κ2) is 6.25. The van der Waals surface area contributed by atoms with Crippen LogP contribution < -0.4 is 10.1 Å². The van der Waals surface area contributed by atoms with Gasteiger partial charge >= 0.3 is 0 Å². The van der Waals surface area contributed by atoms with Gasteiger partial charge < -0.3 is 10.1 Å². The Kier molecular flexibility index (Phi) is 5.20. The van der Waals surface area contributed by atoms with Gasteiger partial charge in [0.25, 0.3) is 9.05 Å². The van der Waals surface area contributed by atoms with Crippen LogP contribution in [-0.4, -0.2) is 21.4 Å². The van der Waals surface area contributed by atoms with E-state index in [1.165, 1.54) is 19.2 Å². The topological polar surface area (TPSA) is 72.5 Å². The summed E-state index contributed by atoms with van der Waals surface area (Å²) >= 11 is 0. The van der Waals surface area contributed by atoms with E-state index in [2.05, 4.69) is 5.32 Å². The SMILES string of the molecule is COc1ccc(NC(=O)CC(C)C)cc1S(=O)(=O)Cl. The number of carbonyl (C=O) groups excluding carboxylic acids is 1. The Hall–Kier alpha value is -1.27. The maximum Gasteiger partial charge on any atom is 0.265 e. The number of hydrogen-bond donors (Lipinski definition) is 1. The van der Waals surface area contributed by atoms with Gasteiger partial charge in [-0.1, -0.05) is 13.8 Å². The van der Waals surface area contributed by atoms with Crippen LogP contribution in [0.3, 0.4) is 0 Å². The van der Waals surface area contributed by atoms with Gasteiger partial charge in [0, 0.05) is 22.8 Å². The Morgan fingerprint density at radius 3 is 2.53 bits per heavy atom. The molecule has 1 rings (SSSR count). The van der Waals surface area contributed by atoms with Crippen LogP contribution >= 0.6 is 10.7 Å². The first-order chi connectivity index (χ1) is 8.74. The number of carbonyl (C=O) groups is 1. The highest BCUT2D eigenvalue weighted by Gasteiger charge is 2.18. The minimum atomic E-state index is -3.93. The molecule has 0 aromatic heterocycles. The fourth-order valence-electron chi connectivity index (χ4n) is 1.53. The highest BCUT2D eigenvalue weighted by atomic mass is 35.7. The summed E-state index contributed by atoms with van der Waals surface area (Å²) in [6.07, 6.45) is 0.356. The second-order valence-electron chi connectivity index (χ2n) is 4.45. The first-order valence-corrected chi connectivity index (χ1v) is 7.97. The van der Waals surface area contributed by atoms with Crippen LogP contribution in [0.4, 0.5) is 5.69 Å². The van der Waals surface area contributed by atoms with Crippen molar-refractivity contribution >= 4 is 31.3 Å². The summed E-state index contributed by atoms with van der Waals surface area (Å²) < 4.78 is 27.7.